The van der Waals surface area contributed by atoms with Gasteiger partial charge in [0.15, 0.2) is 0 Å². The first-order valence-electron chi connectivity index (χ1n) is 6.62. The molecule has 0 saturated heterocycles. The highest BCUT2D eigenvalue weighted by Crippen LogP contribution is 2.20. The zero-order valence-corrected chi connectivity index (χ0v) is 11.2. The standard InChI is InChI=1S/C15H17N3O/c1-10(2)7-8-18-9-16-13-11-5-3-4-6-12(11)17-14(13)15(18)19/h3-6,9-10,17H,7-8H2,1-2H3. The molecule has 0 aliphatic heterocycles. The Kier molecular flexibility index (Phi) is 2.85. The highest BCUT2D eigenvalue weighted by molar-refractivity contribution is 6.04. The van der Waals surface area contributed by atoms with Crippen LogP contribution in [0.25, 0.3) is 21.9 Å². The Morgan fingerprint density at radius 2 is 2.11 bits per heavy atom. The summed E-state index contributed by atoms with van der Waals surface area (Å²) in [4.78, 5) is 20.0. The van der Waals surface area contributed by atoms with Crippen LogP contribution in [0.5, 0.6) is 0 Å². The molecule has 0 saturated carbocycles. The van der Waals surface area contributed by atoms with Crippen molar-refractivity contribution in [2.75, 3.05) is 0 Å². The van der Waals surface area contributed by atoms with Crippen molar-refractivity contribution in [3.05, 3.63) is 40.9 Å². The Balaban J connectivity index is 2.16. The molecule has 4 nitrogen and oxygen atoms in total. The molecule has 0 bridgehead atoms. The Morgan fingerprint density at radius 3 is 2.89 bits per heavy atom. The van der Waals surface area contributed by atoms with Crippen molar-refractivity contribution < 1.29 is 0 Å². The Bertz CT molecular complexity index is 783. The smallest absolute Gasteiger partial charge is 0.277 e. The van der Waals surface area contributed by atoms with Crippen LogP contribution in [0.1, 0.15) is 20.3 Å². The lowest BCUT2D eigenvalue weighted by Crippen LogP contribution is -2.21. The van der Waals surface area contributed by atoms with E-state index in [4.69, 9.17) is 0 Å². The van der Waals surface area contributed by atoms with Gasteiger partial charge in [-0.1, -0.05) is 32.0 Å². The van der Waals surface area contributed by atoms with Crippen LogP contribution >= 0.6 is 0 Å². The van der Waals surface area contributed by atoms with Crippen molar-refractivity contribution in [3.63, 3.8) is 0 Å². The van der Waals surface area contributed by atoms with Crippen molar-refractivity contribution in [1.82, 2.24) is 14.5 Å². The first kappa shape index (κ1) is 12.0. The van der Waals surface area contributed by atoms with E-state index in [1.807, 2.05) is 24.3 Å². The van der Waals surface area contributed by atoms with Gasteiger partial charge in [-0.25, -0.2) is 4.98 Å². The fourth-order valence-corrected chi connectivity index (χ4v) is 2.30. The molecule has 3 aromatic rings. The second kappa shape index (κ2) is 4.53. The van der Waals surface area contributed by atoms with E-state index in [9.17, 15) is 4.79 Å². The summed E-state index contributed by atoms with van der Waals surface area (Å²) in [5.74, 6) is 0.574. The molecule has 0 radical (unpaired) electrons. The van der Waals surface area contributed by atoms with E-state index in [0.29, 0.717) is 11.4 Å². The summed E-state index contributed by atoms with van der Waals surface area (Å²) in [6.45, 7) is 5.02. The van der Waals surface area contributed by atoms with Gasteiger partial charge in [-0.3, -0.25) is 9.36 Å². The average Bonchev–Trinajstić information content (AvgIpc) is 2.77. The fourth-order valence-electron chi connectivity index (χ4n) is 2.30. The number of para-hydroxylation sites is 1. The lowest BCUT2D eigenvalue weighted by molar-refractivity contribution is 0.506. The van der Waals surface area contributed by atoms with Crippen LogP contribution in [-0.4, -0.2) is 14.5 Å². The van der Waals surface area contributed by atoms with Gasteiger partial charge in [0.1, 0.15) is 11.0 Å². The number of nitrogens with zero attached hydrogens (tertiary/aromatic N) is 2. The van der Waals surface area contributed by atoms with E-state index in [0.717, 1.165) is 29.4 Å². The summed E-state index contributed by atoms with van der Waals surface area (Å²) in [6, 6.07) is 7.87. The zero-order chi connectivity index (χ0) is 13.4. The number of nitrogens with one attached hydrogen (secondary N) is 1. The molecular formula is C15H17N3O. The average molecular weight is 255 g/mol. The number of H-pyrrole nitrogens is 1. The van der Waals surface area contributed by atoms with Crippen LogP contribution in [0.2, 0.25) is 0 Å². The summed E-state index contributed by atoms with van der Waals surface area (Å²) < 4.78 is 1.69. The molecule has 0 unspecified atom stereocenters. The summed E-state index contributed by atoms with van der Waals surface area (Å²) >= 11 is 0. The number of aryl methyl sites for hydroxylation is 1. The fraction of sp³-hybridized carbons (Fsp3) is 0.333. The predicted molar refractivity (Wildman–Crippen MR) is 77.3 cm³/mol. The molecule has 0 aliphatic carbocycles. The van der Waals surface area contributed by atoms with Crippen LogP contribution in [-0.2, 0) is 6.54 Å². The van der Waals surface area contributed by atoms with Gasteiger partial charge in [0.05, 0.1) is 6.33 Å². The van der Waals surface area contributed by atoms with E-state index in [1.54, 1.807) is 10.9 Å². The Morgan fingerprint density at radius 1 is 1.32 bits per heavy atom. The normalized spacial score (nSPS) is 11.7. The van der Waals surface area contributed by atoms with Gasteiger partial charge >= 0.3 is 0 Å². The molecule has 0 spiro atoms. The van der Waals surface area contributed by atoms with Gasteiger partial charge in [-0.15, -0.1) is 0 Å². The summed E-state index contributed by atoms with van der Waals surface area (Å²) in [5.41, 5.74) is 2.35. The molecule has 3 rings (SSSR count). The predicted octanol–water partition coefficient (Wildman–Crippen LogP) is 2.92. The van der Waals surface area contributed by atoms with Crippen LogP contribution in [0.3, 0.4) is 0 Å². The molecule has 0 aliphatic rings. The number of aromatic nitrogens is 3. The van der Waals surface area contributed by atoms with Crippen LogP contribution < -0.4 is 5.56 Å². The molecule has 1 aromatic carbocycles. The highest BCUT2D eigenvalue weighted by Gasteiger charge is 2.10. The molecule has 0 fully saturated rings. The van der Waals surface area contributed by atoms with Crippen LogP contribution in [0, 0.1) is 5.92 Å². The van der Waals surface area contributed by atoms with Crippen molar-refractivity contribution in [1.29, 1.82) is 0 Å². The molecule has 2 aromatic heterocycles. The number of benzene rings is 1. The minimum atomic E-state index is 0.0156. The molecule has 4 heteroatoms. The van der Waals surface area contributed by atoms with E-state index in [2.05, 4.69) is 23.8 Å². The summed E-state index contributed by atoms with van der Waals surface area (Å²) in [5, 5.41) is 1.01. The monoisotopic (exact) mass is 255 g/mol. The molecule has 19 heavy (non-hydrogen) atoms. The quantitative estimate of drug-likeness (QED) is 0.782. The topological polar surface area (TPSA) is 50.7 Å². The van der Waals surface area contributed by atoms with Gasteiger partial charge in [-0.05, 0) is 18.4 Å². The third-order valence-corrected chi connectivity index (χ3v) is 3.43. The van der Waals surface area contributed by atoms with Crippen molar-refractivity contribution in [2.45, 2.75) is 26.8 Å². The van der Waals surface area contributed by atoms with Gasteiger partial charge in [0.2, 0.25) is 0 Å². The molecular weight excluding hydrogens is 238 g/mol. The molecule has 0 amide bonds. The van der Waals surface area contributed by atoms with Crippen molar-refractivity contribution in [2.24, 2.45) is 5.92 Å². The zero-order valence-electron chi connectivity index (χ0n) is 11.2. The van der Waals surface area contributed by atoms with E-state index >= 15 is 0 Å². The lowest BCUT2D eigenvalue weighted by Gasteiger charge is -2.06. The Labute approximate surface area is 111 Å². The molecule has 2 heterocycles. The molecule has 1 N–H and O–H groups in total. The minimum Gasteiger partial charge on any atom is -0.349 e. The number of hydrogen-bond donors (Lipinski definition) is 1. The van der Waals surface area contributed by atoms with Crippen LogP contribution in [0.4, 0.5) is 0 Å². The van der Waals surface area contributed by atoms with Gasteiger partial charge in [0, 0.05) is 17.4 Å². The number of fused-ring (bicyclic) bond motifs is 3. The third-order valence-electron chi connectivity index (χ3n) is 3.43. The van der Waals surface area contributed by atoms with Gasteiger partial charge in [-0.2, -0.15) is 0 Å². The maximum atomic E-state index is 12.4. The number of aromatic amines is 1. The van der Waals surface area contributed by atoms with E-state index in [-0.39, 0.29) is 5.56 Å². The highest BCUT2D eigenvalue weighted by atomic mass is 16.1. The van der Waals surface area contributed by atoms with Gasteiger partial charge < -0.3 is 4.98 Å². The maximum absolute atomic E-state index is 12.4. The molecule has 98 valence electrons. The second-order valence-electron chi connectivity index (χ2n) is 5.32. The van der Waals surface area contributed by atoms with E-state index in [1.165, 1.54) is 0 Å². The van der Waals surface area contributed by atoms with E-state index < -0.39 is 0 Å². The van der Waals surface area contributed by atoms with Crippen molar-refractivity contribution in [3.8, 4) is 0 Å². The number of rotatable bonds is 3. The number of hydrogen-bond acceptors (Lipinski definition) is 2. The lowest BCUT2D eigenvalue weighted by atomic mass is 10.1. The van der Waals surface area contributed by atoms with Crippen LogP contribution in [0.15, 0.2) is 35.4 Å². The summed E-state index contributed by atoms with van der Waals surface area (Å²) in [6.07, 6.45) is 2.64. The SMILES string of the molecule is CC(C)CCn1cnc2c([nH]c3ccccc32)c1=O. The first-order valence-corrected chi connectivity index (χ1v) is 6.62. The maximum Gasteiger partial charge on any atom is 0.277 e. The Hall–Kier alpha value is -2.10. The first-order chi connectivity index (χ1) is 9.16. The summed E-state index contributed by atoms with van der Waals surface area (Å²) in [7, 11) is 0. The largest absolute Gasteiger partial charge is 0.349 e. The third kappa shape index (κ3) is 2.03. The second-order valence-corrected chi connectivity index (χ2v) is 5.32. The van der Waals surface area contributed by atoms with Gasteiger partial charge in [0.25, 0.3) is 5.56 Å². The molecule has 0 atom stereocenters. The van der Waals surface area contributed by atoms with Crippen molar-refractivity contribution >= 4 is 21.9 Å². The minimum absolute atomic E-state index is 0.0156.